The van der Waals surface area contributed by atoms with E-state index in [-0.39, 0.29) is 6.61 Å². The second-order valence-electron chi connectivity index (χ2n) is 4.85. The molecule has 0 aromatic heterocycles. The van der Waals surface area contributed by atoms with Gasteiger partial charge in [0.2, 0.25) is 0 Å². The van der Waals surface area contributed by atoms with Crippen molar-refractivity contribution in [1.29, 1.82) is 0 Å². The van der Waals surface area contributed by atoms with Gasteiger partial charge in [-0.05, 0) is 31.3 Å². The molecule has 1 aliphatic rings. The highest BCUT2D eigenvalue weighted by Gasteiger charge is 2.18. The number of rotatable bonds is 3. The molecule has 1 fully saturated rings. The van der Waals surface area contributed by atoms with Crippen molar-refractivity contribution in [2.75, 3.05) is 44.6 Å². The molecular formula is C14H21N3OS. The summed E-state index contributed by atoms with van der Waals surface area (Å²) >= 11 is 5.44. The van der Waals surface area contributed by atoms with Crippen LogP contribution in [0, 0.1) is 6.92 Å². The Kier molecular flexibility index (Phi) is 5.13. The summed E-state index contributed by atoms with van der Waals surface area (Å²) in [7, 11) is 0. The standard InChI is InChI=1S/C14H21N3OS/c1-12-2-4-13(5-3-12)15-14(19)17-8-6-16(7-9-17)10-11-18/h2-5,18H,6-11H2,1H3,(H,15,19). The van der Waals surface area contributed by atoms with Crippen LogP contribution in [0.15, 0.2) is 24.3 Å². The number of hydrogen-bond donors (Lipinski definition) is 2. The highest BCUT2D eigenvalue weighted by Crippen LogP contribution is 2.11. The Labute approximate surface area is 120 Å². The van der Waals surface area contributed by atoms with Crippen molar-refractivity contribution in [3.63, 3.8) is 0 Å². The summed E-state index contributed by atoms with van der Waals surface area (Å²) in [5.74, 6) is 0. The molecule has 0 spiro atoms. The van der Waals surface area contributed by atoms with Gasteiger partial charge >= 0.3 is 0 Å². The summed E-state index contributed by atoms with van der Waals surface area (Å²) in [6.45, 7) is 6.79. The third-order valence-electron chi connectivity index (χ3n) is 3.38. The summed E-state index contributed by atoms with van der Waals surface area (Å²) in [6.07, 6.45) is 0. The van der Waals surface area contributed by atoms with Crippen molar-refractivity contribution >= 4 is 23.0 Å². The molecule has 5 heteroatoms. The van der Waals surface area contributed by atoms with Gasteiger partial charge in [0, 0.05) is 38.4 Å². The van der Waals surface area contributed by atoms with Gasteiger partial charge in [0.15, 0.2) is 5.11 Å². The van der Waals surface area contributed by atoms with Crippen molar-refractivity contribution in [3.8, 4) is 0 Å². The normalized spacial score (nSPS) is 16.4. The number of aliphatic hydroxyl groups is 1. The quantitative estimate of drug-likeness (QED) is 0.816. The number of nitrogens with one attached hydrogen (secondary N) is 1. The molecule has 1 heterocycles. The number of benzene rings is 1. The molecule has 0 atom stereocenters. The van der Waals surface area contributed by atoms with Crippen LogP contribution in [-0.4, -0.2) is 59.3 Å². The van der Waals surface area contributed by atoms with Gasteiger partial charge in [0.1, 0.15) is 0 Å². The second-order valence-corrected chi connectivity index (χ2v) is 5.24. The summed E-state index contributed by atoms with van der Waals surface area (Å²) in [6, 6.07) is 8.24. The first-order valence-corrected chi connectivity index (χ1v) is 7.05. The summed E-state index contributed by atoms with van der Waals surface area (Å²) < 4.78 is 0. The number of thiocarbonyl (C=S) groups is 1. The molecule has 0 bridgehead atoms. The van der Waals surface area contributed by atoms with Crippen LogP contribution in [0.2, 0.25) is 0 Å². The lowest BCUT2D eigenvalue weighted by molar-refractivity contribution is 0.148. The second kappa shape index (κ2) is 6.84. The van der Waals surface area contributed by atoms with Crippen LogP contribution >= 0.6 is 12.2 Å². The molecule has 2 N–H and O–H groups in total. The van der Waals surface area contributed by atoms with Gasteiger partial charge < -0.3 is 15.3 Å². The van der Waals surface area contributed by atoms with Gasteiger partial charge in [-0.15, -0.1) is 0 Å². The highest BCUT2D eigenvalue weighted by atomic mass is 32.1. The molecule has 0 saturated carbocycles. The zero-order valence-electron chi connectivity index (χ0n) is 11.3. The smallest absolute Gasteiger partial charge is 0.173 e. The SMILES string of the molecule is Cc1ccc(NC(=S)N2CCN(CCO)CC2)cc1. The van der Waals surface area contributed by atoms with E-state index in [2.05, 4.69) is 34.2 Å². The molecule has 104 valence electrons. The number of piperazine rings is 1. The van der Waals surface area contributed by atoms with E-state index in [9.17, 15) is 0 Å². The molecule has 1 aliphatic heterocycles. The minimum absolute atomic E-state index is 0.228. The Morgan fingerprint density at radius 1 is 1.21 bits per heavy atom. The monoisotopic (exact) mass is 279 g/mol. The lowest BCUT2D eigenvalue weighted by Gasteiger charge is -2.35. The third kappa shape index (κ3) is 4.16. The molecule has 19 heavy (non-hydrogen) atoms. The fourth-order valence-corrected chi connectivity index (χ4v) is 2.46. The Hall–Kier alpha value is -1.17. The number of hydrogen-bond acceptors (Lipinski definition) is 3. The maximum atomic E-state index is 8.92. The summed E-state index contributed by atoms with van der Waals surface area (Å²) in [5, 5.41) is 13.0. The Balaban J connectivity index is 1.83. The fourth-order valence-electron chi connectivity index (χ4n) is 2.16. The Morgan fingerprint density at radius 3 is 2.42 bits per heavy atom. The van der Waals surface area contributed by atoms with Crippen molar-refractivity contribution in [1.82, 2.24) is 9.80 Å². The number of nitrogens with zero attached hydrogens (tertiary/aromatic N) is 2. The van der Waals surface area contributed by atoms with Gasteiger partial charge in [-0.3, -0.25) is 4.90 Å². The number of anilines is 1. The third-order valence-corrected chi connectivity index (χ3v) is 3.74. The lowest BCUT2D eigenvalue weighted by Crippen LogP contribution is -2.50. The van der Waals surface area contributed by atoms with Crippen LogP contribution in [-0.2, 0) is 0 Å². The Morgan fingerprint density at radius 2 is 1.84 bits per heavy atom. The van der Waals surface area contributed by atoms with Gasteiger partial charge in [-0.25, -0.2) is 0 Å². The summed E-state index contributed by atoms with van der Waals surface area (Å²) in [4.78, 5) is 4.44. The van der Waals surface area contributed by atoms with E-state index in [1.807, 2.05) is 12.1 Å². The van der Waals surface area contributed by atoms with Gasteiger partial charge in [0.25, 0.3) is 0 Å². The molecule has 1 saturated heterocycles. The molecule has 2 rings (SSSR count). The van der Waals surface area contributed by atoms with E-state index >= 15 is 0 Å². The zero-order chi connectivity index (χ0) is 13.7. The minimum Gasteiger partial charge on any atom is -0.395 e. The fraction of sp³-hybridized carbons (Fsp3) is 0.500. The largest absolute Gasteiger partial charge is 0.395 e. The van der Waals surface area contributed by atoms with Crippen molar-refractivity contribution < 1.29 is 5.11 Å². The molecule has 4 nitrogen and oxygen atoms in total. The van der Waals surface area contributed by atoms with E-state index in [1.54, 1.807) is 0 Å². The van der Waals surface area contributed by atoms with Crippen molar-refractivity contribution in [2.45, 2.75) is 6.92 Å². The minimum atomic E-state index is 0.228. The molecular weight excluding hydrogens is 258 g/mol. The average Bonchev–Trinajstić information content (AvgIpc) is 2.42. The molecule has 0 aliphatic carbocycles. The van der Waals surface area contributed by atoms with Crippen LogP contribution in [0.1, 0.15) is 5.56 Å². The number of aryl methyl sites for hydroxylation is 1. The Bertz CT molecular complexity index is 413. The van der Waals surface area contributed by atoms with E-state index < -0.39 is 0 Å². The van der Waals surface area contributed by atoms with Gasteiger partial charge in [-0.2, -0.15) is 0 Å². The predicted molar refractivity (Wildman–Crippen MR) is 82.5 cm³/mol. The molecule has 1 aromatic rings. The van der Waals surface area contributed by atoms with Gasteiger partial charge in [-0.1, -0.05) is 17.7 Å². The topological polar surface area (TPSA) is 38.7 Å². The zero-order valence-corrected chi connectivity index (χ0v) is 12.1. The van der Waals surface area contributed by atoms with Crippen LogP contribution in [0.5, 0.6) is 0 Å². The first-order valence-electron chi connectivity index (χ1n) is 6.65. The molecule has 1 aromatic carbocycles. The molecule has 0 unspecified atom stereocenters. The van der Waals surface area contributed by atoms with Crippen molar-refractivity contribution in [3.05, 3.63) is 29.8 Å². The average molecular weight is 279 g/mol. The van der Waals surface area contributed by atoms with Crippen molar-refractivity contribution in [2.24, 2.45) is 0 Å². The van der Waals surface area contributed by atoms with E-state index in [4.69, 9.17) is 17.3 Å². The maximum Gasteiger partial charge on any atom is 0.173 e. The van der Waals surface area contributed by atoms with E-state index in [0.717, 1.165) is 43.5 Å². The highest BCUT2D eigenvalue weighted by molar-refractivity contribution is 7.80. The van der Waals surface area contributed by atoms with Crippen LogP contribution < -0.4 is 5.32 Å². The maximum absolute atomic E-state index is 8.92. The first kappa shape index (κ1) is 14.2. The van der Waals surface area contributed by atoms with Crippen LogP contribution in [0.4, 0.5) is 5.69 Å². The summed E-state index contributed by atoms with van der Waals surface area (Å²) in [5.41, 5.74) is 2.28. The molecule has 0 amide bonds. The number of β-amino-alcohol motifs (C(OH)–C–C–N with tert-alkyl or cyclic N) is 1. The van der Waals surface area contributed by atoms with E-state index in [1.165, 1.54) is 5.56 Å². The van der Waals surface area contributed by atoms with Crippen LogP contribution in [0.3, 0.4) is 0 Å². The van der Waals surface area contributed by atoms with E-state index in [0.29, 0.717) is 0 Å². The predicted octanol–water partition coefficient (Wildman–Crippen LogP) is 1.30. The first-order chi connectivity index (χ1) is 9.19. The molecule has 0 radical (unpaired) electrons. The lowest BCUT2D eigenvalue weighted by atomic mass is 10.2. The number of aliphatic hydroxyl groups excluding tert-OH is 1. The van der Waals surface area contributed by atoms with Gasteiger partial charge in [0.05, 0.1) is 6.61 Å². The van der Waals surface area contributed by atoms with Crippen LogP contribution in [0.25, 0.3) is 0 Å².